The number of hydrogen-bond donors (Lipinski definition) is 2. The normalized spacial score (nSPS) is 20.4. The van der Waals surface area contributed by atoms with E-state index in [0.29, 0.717) is 17.0 Å². The second-order valence-corrected chi connectivity index (χ2v) is 4.34. The first-order chi connectivity index (χ1) is 6.22. The van der Waals surface area contributed by atoms with Gasteiger partial charge in [0.2, 0.25) is 0 Å². The molecule has 0 spiro atoms. The van der Waals surface area contributed by atoms with Crippen molar-refractivity contribution >= 4 is 23.2 Å². The predicted octanol–water partition coefficient (Wildman–Crippen LogP) is 2.06. The maximum Gasteiger partial charge on any atom is 0.0436 e. The van der Waals surface area contributed by atoms with E-state index in [1.54, 1.807) is 0 Å². The fourth-order valence-corrected chi connectivity index (χ4v) is 1.59. The van der Waals surface area contributed by atoms with Gasteiger partial charge in [0.25, 0.3) is 0 Å². The molecule has 13 heavy (non-hydrogen) atoms. The number of aliphatic hydroxyl groups is 1. The van der Waals surface area contributed by atoms with E-state index in [1.807, 2.05) is 0 Å². The van der Waals surface area contributed by atoms with E-state index in [4.69, 9.17) is 28.3 Å². The lowest BCUT2D eigenvalue weighted by Crippen LogP contribution is -2.25. The van der Waals surface area contributed by atoms with Crippen LogP contribution >= 0.6 is 23.2 Å². The van der Waals surface area contributed by atoms with Crippen LogP contribution in [0.15, 0.2) is 10.6 Å². The van der Waals surface area contributed by atoms with E-state index in [-0.39, 0.29) is 6.61 Å². The molecule has 0 amide bonds. The molecule has 0 radical (unpaired) electrons. The molecule has 0 aromatic carbocycles. The summed E-state index contributed by atoms with van der Waals surface area (Å²) in [5.41, 5.74) is 1.72. The maximum atomic E-state index is 8.81. The molecule has 0 heterocycles. The molecule has 0 aliphatic heterocycles. The van der Waals surface area contributed by atoms with Crippen LogP contribution in [0, 0.1) is 5.41 Å². The number of nitrogens with one attached hydrogen (secondary N) is 1. The smallest absolute Gasteiger partial charge is 0.0436 e. The Morgan fingerprint density at radius 3 is 2.69 bits per heavy atom. The molecule has 1 fully saturated rings. The van der Waals surface area contributed by atoms with Gasteiger partial charge in [-0.15, -0.1) is 0 Å². The molecular weight excluding hydrogens is 209 g/mol. The van der Waals surface area contributed by atoms with Gasteiger partial charge in [-0.1, -0.05) is 23.2 Å². The quantitative estimate of drug-likeness (QED) is 0.723. The van der Waals surface area contributed by atoms with Gasteiger partial charge in [-0.3, -0.25) is 0 Å². The molecule has 0 bridgehead atoms. The molecule has 76 valence electrons. The van der Waals surface area contributed by atoms with Gasteiger partial charge < -0.3 is 10.4 Å². The van der Waals surface area contributed by atoms with Crippen molar-refractivity contribution in [3.63, 3.8) is 0 Å². The molecule has 0 aromatic rings. The van der Waals surface area contributed by atoms with Crippen LogP contribution in [-0.2, 0) is 0 Å². The van der Waals surface area contributed by atoms with E-state index < -0.39 is 0 Å². The summed E-state index contributed by atoms with van der Waals surface area (Å²) in [5.74, 6) is 0. The lowest BCUT2D eigenvalue weighted by atomic mass is 10.0. The fraction of sp³-hybridized carbons (Fsp3) is 0.778. The van der Waals surface area contributed by atoms with E-state index in [9.17, 15) is 0 Å². The van der Waals surface area contributed by atoms with Crippen molar-refractivity contribution in [3.05, 3.63) is 10.6 Å². The van der Waals surface area contributed by atoms with Gasteiger partial charge in [-0.25, -0.2) is 0 Å². The molecule has 1 aliphatic carbocycles. The third-order valence-electron chi connectivity index (χ3n) is 2.51. The summed E-state index contributed by atoms with van der Waals surface area (Å²) in [6.07, 6.45) is 3.31. The van der Waals surface area contributed by atoms with E-state index in [2.05, 4.69) is 5.32 Å². The lowest BCUT2D eigenvalue weighted by Gasteiger charge is -2.13. The van der Waals surface area contributed by atoms with E-state index >= 15 is 0 Å². The van der Waals surface area contributed by atoms with Crippen molar-refractivity contribution < 1.29 is 5.11 Å². The van der Waals surface area contributed by atoms with Crippen molar-refractivity contribution in [1.29, 1.82) is 0 Å². The van der Waals surface area contributed by atoms with Gasteiger partial charge in [-0.2, -0.15) is 0 Å². The van der Waals surface area contributed by atoms with Crippen LogP contribution in [0.2, 0.25) is 0 Å². The summed E-state index contributed by atoms with van der Waals surface area (Å²) in [6.45, 7) is 1.83. The summed E-state index contributed by atoms with van der Waals surface area (Å²) in [7, 11) is 0. The zero-order valence-corrected chi connectivity index (χ0v) is 9.03. The maximum absolute atomic E-state index is 8.81. The molecular formula is C9H15Cl2NO. The Morgan fingerprint density at radius 1 is 1.54 bits per heavy atom. The van der Waals surface area contributed by atoms with Crippen molar-refractivity contribution in [1.82, 2.24) is 5.32 Å². The Hall–Kier alpha value is 0.240. The third-order valence-corrected chi connectivity index (χ3v) is 3.13. The summed E-state index contributed by atoms with van der Waals surface area (Å²) < 4.78 is 0. The zero-order valence-electron chi connectivity index (χ0n) is 7.52. The summed E-state index contributed by atoms with van der Waals surface area (Å²) in [5, 5.41) is 12.7. The second-order valence-electron chi connectivity index (χ2n) is 3.63. The van der Waals surface area contributed by atoms with Gasteiger partial charge in [0.15, 0.2) is 0 Å². The first-order valence-electron chi connectivity index (χ1n) is 4.49. The van der Waals surface area contributed by atoms with Crippen LogP contribution in [0.25, 0.3) is 0 Å². The minimum absolute atomic E-state index is 0.279. The van der Waals surface area contributed by atoms with Gasteiger partial charge in [-0.05, 0) is 24.7 Å². The average Bonchev–Trinajstić information content (AvgIpc) is 2.86. The predicted molar refractivity (Wildman–Crippen MR) is 56.0 cm³/mol. The molecule has 1 rings (SSSR count). The number of halogens is 2. The molecule has 2 N–H and O–H groups in total. The summed E-state index contributed by atoms with van der Waals surface area (Å²) in [4.78, 5) is 0. The highest BCUT2D eigenvalue weighted by atomic mass is 35.5. The average molecular weight is 224 g/mol. The van der Waals surface area contributed by atoms with Crippen LogP contribution in [0.1, 0.15) is 19.3 Å². The Labute approximate surface area is 88.9 Å². The minimum atomic E-state index is 0.279. The van der Waals surface area contributed by atoms with Crippen molar-refractivity contribution in [2.75, 3.05) is 19.7 Å². The minimum Gasteiger partial charge on any atom is -0.396 e. The van der Waals surface area contributed by atoms with Gasteiger partial charge in [0.05, 0.1) is 0 Å². The fourth-order valence-electron chi connectivity index (χ4n) is 1.41. The SMILES string of the molecule is OCCC1(CNCC(Cl)=CCl)CC1. The number of hydrogen-bond acceptors (Lipinski definition) is 2. The molecule has 0 unspecified atom stereocenters. The Kier molecular flexibility index (Phi) is 4.53. The van der Waals surface area contributed by atoms with Crippen LogP contribution in [0.4, 0.5) is 0 Å². The van der Waals surface area contributed by atoms with Crippen molar-refractivity contribution in [2.45, 2.75) is 19.3 Å². The van der Waals surface area contributed by atoms with E-state index in [0.717, 1.165) is 13.0 Å². The Morgan fingerprint density at radius 2 is 2.23 bits per heavy atom. The molecule has 0 aromatic heterocycles. The number of aliphatic hydroxyl groups excluding tert-OH is 1. The summed E-state index contributed by atoms with van der Waals surface area (Å²) in [6, 6.07) is 0. The largest absolute Gasteiger partial charge is 0.396 e. The molecule has 1 saturated carbocycles. The molecule has 0 saturated heterocycles. The first kappa shape index (κ1) is 11.3. The highest BCUT2D eigenvalue weighted by Gasteiger charge is 2.41. The summed E-state index contributed by atoms with van der Waals surface area (Å²) >= 11 is 11.1. The molecule has 4 heteroatoms. The van der Waals surface area contributed by atoms with Crippen molar-refractivity contribution in [3.8, 4) is 0 Å². The lowest BCUT2D eigenvalue weighted by molar-refractivity contribution is 0.246. The van der Waals surface area contributed by atoms with Crippen LogP contribution in [-0.4, -0.2) is 24.8 Å². The van der Waals surface area contributed by atoms with E-state index in [1.165, 1.54) is 18.4 Å². The third kappa shape index (κ3) is 3.86. The number of rotatable bonds is 6. The highest BCUT2D eigenvalue weighted by molar-refractivity contribution is 6.36. The van der Waals surface area contributed by atoms with Gasteiger partial charge in [0.1, 0.15) is 0 Å². The molecule has 0 atom stereocenters. The highest BCUT2D eigenvalue weighted by Crippen LogP contribution is 2.47. The van der Waals surface area contributed by atoms with Crippen LogP contribution in [0.3, 0.4) is 0 Å². The Balaban J connectivity index is 2.12. The Bertz CT molecular complexity index is 190. The zero-order chi connectivity index (χ0) is 9.73. The van der Waals surface area contributed by atoms with Gasteiger partial charge in [0, 0.05) is 30.3 Å². The van der Waals surface area contributed by atoms with Crippen LogP contribution in [0.5, 0.6) is 0 Å². The molecule has 1 aliphatic rings. The molecule has 2 nitrogen and oxygen atoms in total. The van der Waals surface area contributed by atoms with Crippen molar-refractivity contribution in [2.24, 2.45) is 5.41 Å². The van der Waals surface area contributed by atoms with Gasteiger partial charge >= 0.3 is 0 Å². The van der Waals surface area contributed by atoms with Crippen LogP contribution < -0.4 is 5.32 Å². The first-order valence-corrected chi connectivity index (χ1v) is 5.30. The monoisotopic (exact) mass is 223 g/mol. The second kappa shape index (κ2) is 5.20. The topological polar surface area (TPSA) is 32.3 Å². The standard InChI is InChI=1S/C9H15Cl2NO/c10-5-8(11)6-12-7-9(1-2-9)3-4-13/h5,12-13H,1-4,6-7H2.